The van der Waals surface area contributed by atoms with Gasteiger partial charge in [-0.25, -0.2) is 4.98 Å². The molecule has 0 radical (unpaired) electrons. The second kappa shape index (κ2) is 11.1. The molecule has 32 heavy (non-hydrogen) atoms. The summed E-state index contributed by atoms with van der Waals surface area (Å²) in [7, 11) is 2.16. The summed E-state index contributed by atoms with van der Waals surface area (Å²) in [6.45, 7) is 7.03. The van der Waals surface area contributed by atoms with Crippen molar-refractivity contribution in [2.75, 3.05) is 39.8 Å². The first-order chi connectivity index (χ1) is 15.6. The second-order valence-electron chi connectivity index (χ2n) is 8.28. The van der Waals surface area contributed by atoms with Crippen molar-refractivity contribution in [3.05, 3.63) is 82.4 Å². The van der Waals surface area contributed by atoms with Gasteiger partial charge in [-0.3, -0.25) is 9.69 Å². The summed E-state index contributed by atoms with van der Waals surface area (Å²) in [6.07, 6.45) is 0. The zero-order valence-corrected chi connectivity index (χ0v) is 20.3. The largest absolute Gasteiger partial charge is 0.344 e. The number of nitrogens with zero attached hydrogens (tertiary/aromatic N) is 3. The Kier molecular flexibility index (Phi) is 7.97. The smallest absolute Gasteiger partial charge is 0.251 e. The minimum Gasteiger partial charge on any atom is -0.344 e. The molecule has 1 fully saturated rings. The quantitative estimate of drug-likeness (QED) is 0.497. The summed E-state index contributed by atoms with van der Waals surface area (Å²) in [5, 5.41) is 5.35. The molecular weight excluding hydrogens is 436 g/mol. The van der Waals surface area contributed by atoms with Crippen molar-refractivity contribution >= 4 is 29.0 Å². The van der Waals surface area contributed by atoms with E-state index in [1.54, 1.807) is 23.1 Å². The van der Waals surface area contributed by atoms with E-state index in [1.165, 1.54) is 5.56 Å². The third kappa shape index (κ3) is 6.42. The monoisotopic (exact) mass is 466 g/mol. The molecule has 0 aliphatic carbocycles. The predicted octanol–water partition coefficient (Wildman–Crippen LogP) is 4.46. The molecule has 168 valence electrons. The van der Waals surface area contributed by atoms with E-state index < -0.39 is 0 Å². The fraction of sp³-hybridized carbons (Fsp3) is 0.360. The van der Waals surface area contributed by atoms with E-state index in [4.69, 9.17) is 0 Å². The van der Waals surface area contributed by atoms with E-state index in [9.17, 15) is 4.79 Å². The molecule has 2 heterocycles. The lowest BCUT2D eigenvalue weighted by Gasteiger charge is -2.35. The highest BCUT2D eigenvalue weighted by molar-refractivity contribution is 8.00. The number of hydrogen-bond acceptors (Lipinski definition) is 6. The first-order valence-corrected chi connectivity index (χ1v) is 12.8. The third-order valence-electron chi connectivity index (χ3n) is 5.72. The molecule has 1 aliphatic rings. The van der Waals surface area contributed by atoms with Gasteiger partial charge >= 0.3 is 0 Å². The number of aryl methyl sites for hydroxylation is 1. The molecule has 1 saturated heterocycles. The van der Waals surface area contributed by atoms with Crippen molar-refractivity contribution in [2.45, 2.75) is 23.1 Å². The number of carbonyl (C=O) groups excluding carboxylic acids is 1. The Morgan fingerprint density at radius 1 is 1.09 bits per heavy atom. The molecule has 1 amide bonds. The van der Waals surface area contributed by atoms with Gasteiger partial charge in [0.2, 0.25) is 0 Å². The van der Waals surface area contributed by atoms with E-state index in [1.807, 2.05) is 49.4 Å². The molecule has 1 unspecified atom stereocenters. The number of benzene rings is 2. The number of aromatic nitrogens is 1. The first-order valence-electron chi connectivity index (χ1n) is 11.0. The molecule has 2 aromatic carbocycles. The van der Waals surface area contributed by atoms with Gasteiger partial charge in [-0.2, -0.15) is 0 Å². The predicted molar refractivity (Wildman–Crippen MR) is 133 cm³/mol. The number of nitrogens with one attached hydrogen (secondary N) is 1. The zero-order chi connectivity index (χ0) is 22.3. The van der Waals surface area contributed by atoms with Crippen molar-refractivity contribution in [3.63, 3.8) is 0 Å². The minimum atomic E-state index is -0.0320. The maximum absolute atomic E-state index is 13.1. The number of thioether (sulfide) groups is 1. The lowest BCUT2D eigenvalue weighted by atomic mass is 10.0. The highest BCUT2D eigenvalue weighted by Gasteiger charge is 2.21. The maximum Gasteiger partial charge on any atom is 0.251 e. The summed E-state index contributed by atoms with van der Waals surface area (Å²) < 4.78 is 1.08. The van der Waals surface area contributed by atoms with Gasteiger partial charge in [-0.05, 0) is 37.2 Å². The SMILES string of the molecule is Cc1csc(SCc2ccc(C(=O)NC(CN3CCN(C)CC3)c3ccccc3)cc2)n1. The fourth-order valence-corrected chi connectivity index (χ4v) is 5.55. The number of hydrogen-bond donors (Lipinski definition) is 1. The van der Waals surface area contributed by atoms with Crippen LogP contribution in [0.2, 0.25) is 0 Å². The third-order valence-corrected chi connectivity index (χ3v) is 7.93. The lowest BCUT2D eigenvalue weighted by molar-refractivity contribution is 0.0907. The van der Waals surface area contributed by atoms with Gasteiger partial charge in [0, 0.05) is 55.1 Å². The Morgan fingerprint density at radius 3 is 2.47 bits per heavy atom. The van der Waals surface area contributed by atoms with E-state index in [-0.39, 0.29) is 11.9 Å². The van der Waals surface area contributed by atoms with Crippen molar-refractivity contribution in [3.8, 4) is 0 Å². The van der Waals surface area contributed by atoms with Crippen LogP contribution in [0, 0.1) is 6.92 Å². The lowest BCUT2D eigenvalue weighted by Crippen LogP contribution is -2.47. The minimum absolute atomic E-state index is 0.0252. The van der Waals surface area contributed by atoms with Crippen LogP contribution in [0.15, 0.2) is 64.3 Å². The van der Waals surface area contributed by atoms with E-state index in [2.05, 4.69) is 44.7 Å². The van der Waals surface area contributed by atoms with E-state index in [0.29, 0.717) is 5.56 Å². The van der Waals surface area contributed by atoms with E-state index >= 15 is 0 Å². The molecule has 1 aliphatic heterocycles. The zero-order valence-electron chi connectivity index (χ0n) is 18.7. The van der Waals surface area contributed by atoms with Gasteiger partial charge < -0.3 is 10.2 Å². The van der Waals surface area contributed by atoms with Crippen LogP contribution in [0.25, 0.3) is 0 Å². The van der Waals surface area contributed by atoms with Crippen molar-refractivity contribution in [1.82, 2.24) is 20.1 Å². The molecule has 5 nitrogen and oxygen atoms in total. The van der Waals surface area contributed by atoms with Crippen molar-refractivity contribution in [1.29, 1.82) is 0 Å². The maximum atomic E-state index is 13.1. The van der Waals surface area contributed by atoms with Crippen molar-refractivity contribution in [2.24, 2.45) is 0 Å². The second-order valence-corrected chi connectivity index (χ2v) is 10.4. The summed E-state index contributed by atoms with van der Waals surface area (Å²) in [4.78, 5) is 22.4. The highest BCUT2D eigenvalue weighted by atomic mass is 32.2. The summed E-state index contributed by atoms with van der Waals surface area (Å²) in [6, 6.07) is 18.2. The van der Waals surface area contributed by atoms with Gasteiger partial charge in [-0.1, -0.05) is 54.2 Å². The Hall–Kier alpha value is -2.19. The molecule has 1 atom stereocenters. The normalized spacial score (nSPS) is 16.1. The molecule has 0 saturated carbocycles. The Morgan fingerprint density at radius 2 is 1.81 bits per heavy atom. The summed E-state index contributed by atoms with van der Waals surface area (Å²) >= 11 is 3.41. The van der Waals surface area contributed by atoms with Gasteiger partial charge in [0.15, 0.2) is 0 Å². The van der Waals surface area contributed by atoms with Crippen LogP contribution in [0.5, 0.6) is 0 Å². The van der Waals surface area contributed by atoms with Crippen LogP contribution in [-0.2, 0) is 5.75 Å². The van der Waals surface area contributed by atoms with Gasteiger partial charge in [0.25, 0.3) is 5.91 Å². The van der Waals surface area contributed by atoms with Crippen LogP contribution in [0.1, 0.15) is 33.2 Å². The number of piperazine rings is 1. The first kappa shape index (κ1) is 23.0. The van der Waals surface area contributed by atoms with Gasteiger partial charge in [0.05, 0.1) is 6.04 Å². The Bertz CT molecular complexity index is 998. The van der Waals surface area contributed by atoms with E-state index in [0.717, 1.165) is 54.1 Å². The molecule has 4 rings (SSSR count). The van der Waals surface area contributed by atoms with Crippen molar-refractivity contribution < 1.29 is 4.79 Å². The number of carbonyl (C=O) groups is 1. The van der Waals surface area contributed by atoms with Gasteiger partial charge in [0.1, 0.15) is 4.34 Å². The highest BCUT2D eigenvalue weighted by Crippen LogP contribution is 2.26. The fourth-order valence-electron chi connectivity index (χ4n) is 3.75. The molecule has 0 spiro atoms. The molecular formula is C25H30N4OS2. The number of likely N-dealkylation sites (N-methyl/N-ethyl adjacent to an activating group) is 1. The number of rotatable bonds is 8. The van der Waals surface area contributed by atoms with Crippen LogP contribution in [0.4, 0.5) is 0 Å². The van der Waals surface area contributed by atoms with Crippen LogP contribution in [-0.4, -0.2) is 60.5 Å². The topological polar surface area (TPSA) is 48.5 Å². The average Bonchev–Trinajstić information content (AvgIpc) is 3.24. The average molecular weight is 467 g/mol. The summed E-state index contributed by atoms with van der Waals surface area (Å²) in [5.74, 6) is 0.827. The van der Waals surface area contributed by atoms with Gasteiger partial charge in [-0.15, -0.1) is 11.3 Å². The molecule has 0 bridgehead atoms. The number of thiazole rings is 1. The Balaban J connectivity index is 1.38. The molecule has 3 aromatic rings. The standard InChI is InChI=1S/C25H30N4OS2/c1-19-17-31-25(26-19)32-18-20-8-10-22(11-9-20)24(30)27-23(21-6-4-3-5-7-21)16-29-14-12-28(2)13-15-29/h3-11,17,23H,12-16,18H2,1-2H3,(H,27,30). The van der Waals surface area contributed by atoms with Crippen LogP contribution in [0.3, 0.4) is 0 Å². The summed E-state index contributed by atoms with van der Waals surface area (Å²) in [5.41, 5.74) is 4.10. The number of amides is 1. The van der Waals surface area contributed by atoms with Crippen LogP contribution < -0.4 is 5.32 Å². The Labute approximate surface area is 198 Å². The van der Waals surface area contributed by atoms with Crippen LogP contribution >= 0.6 is 23.1 Å². The molecule has 7 heteroatoms. The molecule has 1 N–H and O–H groups in total. The molecule has 1 aromatic heterocycles.